The molecule has 5 rings (SSSR count). The summed E-state index contributed by atoms with van der Waals surface area (Å²) in [4.78, 5) is 3.27. The summed E-state index contributed by atoms with van der Waals surface area (Å²) in [6.45, 7) is 4.54. The fourth-order valence-electron chi connectivity index (χ4n) is 6.01. The first-order valence-electron chi connectivity index (χ1n) is 7.85. The van der Waals surface area contributed by atoms with Crippen LogP contribution in [0.2, 0.25) is 0 Å². The first-order chi connectivity index (χ1) is 8.93. The molecule has 1 aromatic heterocycles. The van der Waals surface area contributed by atoms with E-state index in [0.717, 1.165) is 11.8 Å². The molecule has 1 aromatic rings. The van der Waals surface area contributed by atoms with Gasteiger partial charge in [0.25, 0.3) is 0 Å². The van der Waals surface area contributed by atoms with E-state index in [2.05, 4.69) is 37.3 Å². The Bertz CT molecular complexity index is 466. The molecule has 0 aliphatic heterocycles. The van der Waals surface area contributed by atoms with Crippen molar-refractivity contribution in [3.8, 4) is 0 Å². The molecule has 104 valence electrons. The van der Waals surface area contributed by atoms with Gasteiger partial charge in [-0.1, -0.05) is 0 Å². The van der Waals surface area contributed by atoms with Crippen LogP contribution in [0.1, 0.15) is 57.9 Å². The molecule has 3 N–H and O–H groups in total. The van der Waals surface area contributed by atoms with Crippen LogP contribution in [-0.4, -0.2) is 10.5 Å². The Balaban J connectivity index is 1.80. The molecule has 4 bridgehead atoms. The minimum absolute atomic E-state index is 0.0354. The van der Waals surface area contributed by atoms with E-state index >= 15 is 0 Å². The smallest absolute Gasteiger partial charge is 0.0154 e. The number of rotatable bonds is 2. The summed E-state index contributed by atoms with van der Waals surface area (Å²) in [5.74, 6) is 1.83. The van der Waals surface area contributed by atoms with Gasteiger partial charge in [0, 0.05) is 17.9 Å². The van der Waals surface area contributed by atoms with Gasteiger partial charge < -0.3 is 10.7 Å². The molecule has 2 nitrogen and oxygen atoms in total. The van der Waals surface area contributed by atoms with Crippen molar-refractivity contribution in [3.05, 3.63) is 24.0 Å². The third-order valence-corrected chi connectivity index (χ3v) is 6.64. The third-order valence-electron chi connectivity index (χ3n) is 6.64. The fourth-order valence-corrected chi connectivity index (χ4v) is 6.01. The van der Waals surface area contributed by atoms with Crippen LogP contribution in [0.3, 0.4) is 0 Å². The number of nitrogens with one attached hydrogen (secondary N) is 1. The first kappa shape index (κ1) is 12.0. The highest BCUT2D eigenvalue weighted by atomic mass is 14.8. The van der Waals surface area contributed by atoms with Crippen molar-refractivity contribution in [1.82, 2.24) is 4.98 Å². The quantitative estimate of drug-likeness (QED) is 0.836. The molecule has 0 spiro atoms. The molecule has 4 aliphatic carbocycles. The second-order valence-electron chi connectivity index (χ2n) is 8.34. The largest absolute Gasteiger partial charge is 0.367 e. The van der Waals surface area contributed by atoms with Crippen molar-refractivity contribution in [3.63, 3.8) is 0 Å². The van der Waals surface area contributed by atoms with Crippen molar-refractivity contribution >= 4 is 0 Å². The van der Waals surface area contributed by atoms with Crippen molar-refractivity contribution in [2.45, 2.75) is 63.3 Å². The Morgan fingerprint density at radius 2 is 1.89 bits per heavy atom. The lowest BCUT2D eigenvalue weighted by Gasteiger charge is -2.66. The fraction of sp³-hybridized carbons (Fsp3) is 0.765. The number of aromatic amines is 1. The van der Waals surface area contributed by atoms with E-state index in [-0.39, 0.29) is 5.54 Å². The van der Waals surface area contributed by atoms with E-state index in [1.807, 2.05) is 0 Å². The zero-order chi connectivity index (χ0) is 13.3. The van der Waals surface area contributed by atoms with Gasteiger partial charge >= 0.3 is 0 Å². The molecule has 4 saturated carbocycles. The van der Waals surface area contributed by atoms with Crippen molar-refractivity contribution in [2.24, 2.45) is 23.0 Å². The van der Waals surface area contributed by atoms with E-state index in [4.69, 9.17) is 5.73 Å². The predicted molar refractivity (Wildman–Crippen MR) is 77.9 cm³/mol. The molecule has 0 saturated heterocycles. The molecule has 1 heterocycles. The highest BCUT2D eigenvalue weighted by Gasteiger charge is 2.61. The van der Waals surface area contributed by atoms with Gasteiger partial charge in [-0.05, 0) is 86.7 Å². The Labute approximate surface area is 116 Å². The number of nitrogens with two attached hydrogens (primary N) is 1. The van der Waals surface area contributed by atoms with Gasteiger partial charge in [-0.3, -0.25) is 0 Å². The van der Waals surface area contributed by atoms with Crippen molar-refractivity contribution in [2.75, 3.05) is 0 Å². The van der Waals surface area contributed by atoms with E-state index in [9.17, 15) is 0 Å². The molecule has 2 heteroatoms. The minimum Gasteiger partial charge on any atom is -0.367 e. The van der Waals surface area contributed by atoms with E-state index in [1.54, 1.807) is 5.56 Å². The topological polar surface area (TPSA) is 41.8 Å². The monoisotopic (exact) mass is 258 g/mol. The molecular weight excluding hydrogens is 232 g/mol. The molecule has 0 aromatic carbocycles. The summed E-state index contributed by atoms with van der Waals surface area (Å²) in [5.41, 5.74) is 8.97. The standard InChI is InChI=1S/C17H26N2/c1-15(2,18)17-8-12-5-13(9-17)7-16(6-12,11-17)14-3-4-19-10-14/h3-4,10,12-13,19H,5-9,11,18H2,1-2H3. The molecule has 0 amide bonds. The van der Waals surface area contributed by atoms with E-state index in [1.165, 1.54) is 38.5 Å². The lowest BCUT2D eigenvalue weighted by Crippen LogP contribution is -2.63. The lowest BCUT2D eigenvalue weighted by atomic mass is 9.40. The van der Waals surface area contributed by atoms with Gasteiger partial charge in [-0.2, -0.15) is 0 Å². The summed E-state index contributed by atoms with van der Waals surface area (Å²) in [6, 6.07) is 2.31. The lowest BCUT2D eigenvalue weighted by molar-refractivity contribution is -0.105. The van der Waals surface area contributed by atoms with Crippen LogP contribution in [-0.2, 0) is 5.41 Å². The van der Waals surface area contributed by atoms with Gasteiger partial charge in [0.2, 0.25) is 0 Å². The van der Waals surface area contributed by atoms with Crippen LogP contribution in [0, 0.1) is 17.3 Å². The third kappa shape index (κ3) is 1.53. The van der Waals surface area contributed by atoms with Crippen molar-refractivity contribution < 1.29 is 0 Å². The van der Waals surface area contributed by atoms with Gasteiger partial charge in [-0.25, -0.2) is 0 Å². The number of hydrogen-bond donors (Lipinski definition) is 2. The van der Waals surface area contributed by atoms with Crippen LogP contribution >= 0.6 is 0 Å². The van der Waals surface area contributed by atoms with E-state index in [0.29, 0.717) is 10.8 Å². The molecular formula is C17H26N2. The van der Waals surface area contributed by atoms with Crippen LogP contribution in [0.4, 0.5) is 0 Å². The SMILES string of the molecule is CC(C)(N)C12CC3CC(CC(c4cc[nH]c4)(C3)C1)C2. The Hall–Kier alpha value is -0.760. The Morgan fingerprint density at radius 3 is 2.42 bits per heavy atom. The van der Waals surface area contributed by atoms with Gasteiger partial charge in [-0.15, -0.1) is 0 Å². The minimum atomic E-state index is -0.0354. The van der Waals surface area contributed by atoms with Crippen LogP contribution in [0.25, 0.3) is 0 Å². The van der Waals surface area contributed by atoms with Crippen LogP contribution in [0.15, 0.2) is 18.5 Å². The highest BCUT2D eigenvalue weighted by Crippen LogP contribution is 2.68. The average molecular weight is 258 g/mol. The van der Waals surface area contributed by atoms with Gasteiger partial charge in [0.05, 0.1) is 0 Å². The maximum Gasteiger partial charge on any atom is 0.0154 e. The zero-order valence-corrected chi connectivity index (χ0v) is 12.2. The number of hydrogen-bond acceptors (Lipinski definition) is 1. The maximum absolute atomic E-state index is 6.64. The molecule has 19 heavy (non-hydrogen) atoms. The average Bonchev–Trinajstić information content (AvgIpc) is 2.79. The molecule has 0 radical (unpaired) electrons. The maximum atomic E-state index is 6.64. The summed E-state index contributed by atoms with van der Waals surface area (Å²) >= 11 is 0. The summed E-state index contributed by atoms with van der Waals surface area (Å²) in [5, 5.41) is 0. The number of H-pyrrole nitrogens is 1. The van der Waals surface area contributed by atoms with E-state index < -0.39 is 0 Å². The summed E-state index contributed by atoms with van der Waals surface area (Å²) in [7, 11) is 0. The normalized spacial score (nSPS) is 44.8. The molecule has 4 aliphatic rings. The second-order valence-corrected chi connectivity index (χ2v) is 8.34. The number of aromatic nitrogens is 1. The Morgan fingerprint density at radius 1 is 1.21 bits per heavy atom. The van der Waals surface area contributed by atoms with Crippen molar-refractivity contribution in [1.29, 1.82) is 0 Å². The predicted octanol–water partition coefficient (Wildman–Crippen LogP) is 3.59. The van der Waals surface area contributed by atoms with Crippen LogP contribution < -0.4 is 5.73 Å². The second kappa shape index (κ2) is 3.46. The first-order valence-corrected chi connectivity index (χ1v) is 7.85. The van der Waals surface area contributed by atoms with Gasteiger partial charge in [0.1, 0.15) is 0 Å². The van der Waals surface area contributed by atoms with Crippen LogP contribution in [0.5, 0.6) is 0 Å². The molecule has 4 fully saturated rings. The van der Waals surface area contributed by atoms with Gasteiger partial charge in [0.15, 0.2) is 0 Å². The summed E-state index contributed by atoms with van der Waals surface area (Å²) < 4.78 is 0. The highest BCUT2D eigenvalue weighted by molar-refractivity contribution is 5.29. The zero-order valence-electron chi connectivity index (χ0n) is 12.2. The molecule has 2 unspecified atom stereocenters. The summed E-state index contributed by atoms with van der Waals surface area (Å²) in [6.07, 6.45) is 12.7. The Kier molecular flexibility index (Phi) is 2.19. The molecule has 2 atom stereocenters.